The van der Waals surface area contributed by atoms with Crippen molar-refractivity contribution in [1.29, 1.82) is 0 Å². The number of hydrogen-bond donors (Lipinski definition) is 5. The summed E-state index contributed by atoms with van der Waals surface area (Å²) in [4.78, 5) is 12.5. The van der Waals surface area contributed by atoms with E-state index < -0.39 is 36.9 Å². The number of unbranched alkanes of at least 4 members (excludes halogenated alkanes) is 26. The Hall–Kier alpha value is -1.47. The van der Waals surface area contributed by atoms with Crippen molar-refractivity contribution in [3.8, 4) is 0 Å². The third-order valence-corrected chi connectivity index (χ3v) is 10.6. The van der Waals surface area contributed by atoms with Gasteiger partial charge >= 0.3 is 0 Å². The second-order valence-corrected chi connectivity index (χ2v) is 15.7. The van der Waals surface area contributed by atoms with Crippen LogP contribution in [0.3, 0.4) is 0 Å². The van der Waals surface area contributed by atoms with Crippen molar-refractivity contribution in [3.63, 3.8) is 0 Å². The Labute approximate surface area is 328 Å². The van der Waals surface area contributed by atoms with E-state index in [1.807, 2.05) is 0 Å². The molecule has 0 saturated heterocycles. The zero-order valence-corrected chi connectivity index (χ0v) is 35.0. The number of carbonyl (C=O) groups excluding carboxylic acids is 1. The highest BCUT2D eigenvalue weighted by molar-refractivity contribution is 5.80. The second-order valence-electron chi connectivity index (χ2n) is 15.7. The Balaban J connectivity index is 3.79. The molecule has 4 atom stereocenters. The van der Waals surface area contributed by atoms with Gasteiger partial charge in [0.25, 0.3) is 0 Å². The number of amides is 1. The van der Waals surface area contributed by atoms with E-state index in [1.54, 1.807) is 0 Å². The summed E-state index contributed by atoms with van der Waals surface area (Å²) in [6.45, 7) is 4.03. The molecule has 0 fully saturated rings. The first-order valence-electron chi connectivity index (χ1n) is 22.9. The van der Waals surface area contributed by atoms with Crippen LogP contribution in [0.1, 0.15) is 226 Å². The minimum absolute atomic E-state index is 0.361. The smallest absolute Gasteiger partial charge is 0.249 e. The minimum Gasteiger partial charge on any atom is -0.394 e. The summed E-state index contributed by atoms with van der Waals surface area (Å²) < 4.78 is 0. The van der Waals surface area contributed by atoms with Gasteiger partial charge < -0.3 is 25.7 Å². The average Bonchev–Trinajstić information content (AvgIpc) is 3.16. The third-order valence-electron chi connectivity index (χ3n) is 10.6. The Kier molecular flexibility index (Phi) is 40.5. The first kappa shape index (κ1) is 51.5. The van der Waals surface area contributed by atoms with Crippen LogP contribution in [0.2, 0.25) is 0 Å². The molecule has 0 saturated carbocycles. The Morgan fingerprint density at radius 2 is 0.792 bits per heavy atom. The first-order valence-corrected chi connectivity index (χ1v) is 22.9. The highest BCUT2D eigenvalue weighted by Crippen LogP contribution is 2.15. The predicted molar refractivity (Wildman–Crippen MR) is 228 cm³/mol. The summed E-state index contributed by atoms with van der Waals surface area (Å²) in [7, 11) is 0. The maximum atomic E-state index is 12.5. The Bertz CT molecular complexity index is 843. The standard InChI is InChI=1S/C47H89NO5/c1-3-5-7-9-11-13-15-17-18-19-20-21-22-23-24-25-26-27-29-30-32-34-36-38-40-44(50)46(52)43(42-49)48-47(53)45(51)41-39-37-35-33-31-28-16-14-12-10-8-6-4-2/h22-23,26-27,32,34,43-46,49-52H,3-21,24-25,28-31,33,35-42H2,1-2H3,(H,48,53)/b23-22+,27-26+,34-32+. The molecule has 0 aromatic rings. The minimum atomic E-state index is -1.29. The molecule has 312 valence electrons. The molecule has 1 amide bonds. The summed E-state index contributed by atoms with van der Waals surface area (Å²) in [6, 6.07) is -1.01. The normalized spacial score (nSPS) is 14.5. The number of hydrogen-bond acceptors (Lipinski definition) is 5. The largest absolute Gasteiger partial charge is 0.394 e. The summed E-state index contributed by atoms with van der Waals surface area (Å²) in [5.41, 5.74) is 0. The van der Waals surface area contributed by atoms with E-state index in [2.05, 4.69) is 55.6 Å². The van der Waals surface area contributed by atoms with Gasteiger partial charge in [-0.05, 0) is 64.2 Å². The van der Waals surface area contributed by atoms with Gasteiger partial charge in [-0.3, -0.25) is 4.79 Å². The van der Waals surface area contributed by atoms with E-state index in [0.29, 0.717) is 19.3 Å². The average molecular weight is 748 g/mol. The first-order chi connectivity index (χ1) is 26.0. The quantitative estimate of drug-likeness (QED) is 0.0316. The van der Waals surface area contributed by atoms with Crippen molar-refractivity contribution in [1.82, 2.24) is 5.32 Å². The van der Waals surface area contributed by atoms with Gasteiger partial charge in [0.15, 0.2) is 0 Å². The van der Waals surface area contributed by atoms with Crippen molar-refractivity contribution in [2.24, 2.45) is 0 Å². The SMILES string of the molecule is CCCCCCCCCCCCC/C=C/CC/C=C/CC/C=C/CCCC(O)C(O)C(CO)NC(=O)C(O)CCCCCCCCCCCCCCC. The van der Waals surface area contributed by atoms with Crippen molar-refractivity contribution < 1.29 is 25.2 Å². The zero-order chi connectivity index (χ0) is 38.9. The predicted octanol–water partition coefficient (Wildman–Crippen LogP) is 12.1. The molecule has 6 heteroatoms. The molecule has 0 aliphatic heterocycles. The van der Waals surface area contributed by atoms with Crippen LogP contribution >= 0.6 is 0 Å². The Morgan fingerprint density at radius 3 is 1.19 bits per heavy atom. The fourth-order valence-corrected chi connectivity index (χ4v) is 6.91. The van der Waals surface area contributed by atoms with Gasteiger partial charge in [-0.15, -0.1) is 0 Å². The molecule has 6 nitrogen and oxygen atoms in total. The van der Waals surface area contributed by atoms with E-state index in [0.717, 1.165) is 51.4 Å². The van der Waals surface area contributed by atoms with Gasteiger partial charge in [0.05, 0.1) is 18.8 Å². The zero-order valence-electron chi connectivity index (χ0n) is 35.0. The Morgan fingerprint density at radius 1 is 0.453 bits per heavy atom. The molecule has 0 rings (SSSR count). The number of aliphatic hydroxyl groups excluding tert-OH is 4. The highest BCUT2D eigenvalue weighted by atomic mass is 16.3. The summed E-state index contributed by atoms with van der Waals surface area (Å²) >= 11 is 0. The van der Waals surface area contributed by atoms with Gasteiger partial charge in [0.1, 0.15) is 12.2 Å². The van der Waals surface area contributed by atoms with Crippen molar-refractivity contribution in [3.05, 3.63) is 36.5 Å². The second kappa shape index (κ2) is 41.7. The molecular formula is C47H89NO5. The maximum Gasteiger partial charge on any atom is 0.249 e. The number of aliphatic hydroxyl groups is 4. The van der Waals surface area contributed by atoms with Crippen molar-refractivity contribution >= 4 is 5.91 Å². The van der Waals surface area contributed by atoms with Crippen molar-refractivity contribution in [2.75, 3.05) is 6.61 Å². The lowest BCUT2D eigenvalue weighted by molar-refractivity contribution is -0.132. The monoisotopic (exact) mass is 748 g/mol. The van der Waals surface area contributed by atoms with E-state index in [-0.39, 0.29) is 0 Å². The summed E-state index contributed by atoms with van der Waals surface area (Å²) in [5.74, 6) is -0.600. The van der Waals surface area contributed by atoms with Crippen LogP contribution in [-0.2, 0) is 4.79 Å². The molecular weight excluding hydrogens is 659 g/mol. The van der Waals surface area contributed by atoms with Crippen LogP contribution in [0.5, 0.6) is 0 Å². The molecule has 0 radical (unpaired) electrons. The number of carbonyl (C=O) groups is 1. The molecule has 53 heavy (non-hydrogen) atoms. The molecule has 0 aromatic carbocycles. The van der Waals surface area contributed by atoms with Crippen LogP contribution in [-0.4, -0.2) is 57.3 Å². The maximum absolute atomic E-state index is 12.5. The van der Waals surface area contributed by atoms with Crippen LogP contribution in [0.25, 0.3) is 0 Å². The lowest BCUT2D eigenvalue weighted by Gasteiger charge is -2.27. The van der Waals surface area contributed by atoms with Gasteiger partial charge in [0, 0.05) is 0 Å². The molecule has 0 bridgehead atoms. The van der Waals surface area contributed by atoms with Crippen LogP contribution in [0.15, 0.2) is 36.5 Å². The van der Waals surface area contributed by atoms with Crippen LogP contribution in [0, 0.1) is 0 Å². The van der Waals surface area contributed by atoms with E-state index in [9.17, 15) is 25.2 Å². The topological polar surface area (TPSA) is 110 Å². The summed E-state index contributed by atoms with van der Waals surface area (Å²) in [5, 5.41) is 43.6. The highest BCUT2D eigenvalue weighted by Gasteiger charge is 2.28. The molecule has 0 heterocycles. The van der Waals surface area contributed by atoms with E-state index >= 15 is 0 Å². The lowest BCUT2D eigenvalue weighted by atomic mass is 10.00. The number of nitrogens with one attached hydrogen (secondary N) is 1. The lowest BCUT2D eigenvalue weighted by Crippen LogP contribution is -2.53. The van der Waals surface area contributed by atoms with Gasteiger partial charge in [-0.1, -0.05) is 198 Å². The fraction of sp³-hybridized carbons (Fsp3) is 0.851. The number of rotatable bonds is 41. The molecule has 4 unspecified atom stereocenters. The number of allylic oxidation sites excluding steroid dienone is 6. The molecule has 0 aliphatic rings. The third kappa shape index (κ3) is 36.0. The van der Waals surface area contributed by atoms with Gasteiger partial charge in [-0.25, -0.2) is 0 Å². The van der Waals surface area contributed by atoms with Crippen LogP contribution in [0.4, 0.5) is 0 Å². The molecule has 0 aromatic heterocycles. The van der Waals surface area contributed by atoms with E-state index in [1.165, 1.54) is 141 Å². The van der Waals surface area contributed by atoms with Gasteiger partial charge in [-0.2, -0.15) is 0 Å². The van der Waals surface area contributed by atoms with Crippen molar-refractivity contribution in [2.45, 2.75) is 250 Å². The van der Waals surface area contributed by atoms with Gasteiger partial charge in [0.2, 0.25) is 5.91 Å². The molecule has 5 N–H and O–H groups in total. The van der Waals surface area contributed by atoms with E-state index in [4.69, 9.17) is 0 Å². The molecule has 0 aliphatic carbocycles. The molecule has 0 spiro atoms. The fourth-order valence-electron chi connectivity index (χ4n) is 6.91. The van der Waals surface area contributed by atoms with Crippen LogP contribution < -0.4 is 5.32 Å². The summed E-state index contributed by atoms with van der Waals surface area (Å²) in [6.07, 6.45) is 49.0.